The minimum Gasteiger partial charge on any atom is -0.543 e. The number of carbonyl (C=O) groups is 5. The number of nitrogens with two attached hydrogens (primary N) is 2. The number of nitrogens with zero attached hydrogens (tertiary/aromatic N) is 3. The number of likely N-dealkylation sites (tertiary alicyclic amines) is 1. The zero-order chi connectivity index (χ0) is 28.4. The highest BCUT2D eigenvalue weighted by Crippen LogP contribution is 2.40. The second-order valence-corrected chi connectivity index (χ2v) is 9.50. The van der Waals surface area contributed by atoms with Crippen molar-refractivity contribution in [1.82, 2.24) is 9.80 Å². The first-order valence-electron chi connectivity index (χ1n) is 10.9. The van der Waals surface area contributed by atoms with Crippen molar-refractivity contribution in [2.75, 3.05) is 12.3 Å². The van der Waals surface area contributed by atoms with Crippen LogP contribution < -0.4 is 21.1 Å². The molecule has 16 heteroatoms. The summed E-state index contributed by atoms with van der Waals surface area (Å²) in [6, 6.07) is 2.90. The van der Waals surface area contributed by atoms with Crippen LogP contribution in [0.3, 0.4) is 0 Å². The highest BCUT2D eigenvalue weighted by Gasteiger charge is 2.50. The summed E-state index contributed by atoms with van der Waals surface area (Å²) in [7, 11) is 0. The molecule has 2 saturated heterocycles. The van der Waals surface area contributed by atoms with Crippen molar-refractivity contribution in [2.24, 2.45) is 11.5 Å². The summed E-state index contributed by atoms with van der Waals surface area (Å²) >= 11 is 1.37. The Kier molecular flexibility index (Phi) is 8.46. The van der Waals surface area contributed by atoms with Gasteiger partial charge >= 0.3 is 12.1 Å². The fraction of sp³-hybridized carbons (Fsp3) is 0.364. The Bertz CT molecular complexity index is 1230. The number of fused-ring (bicyclic) bond motifs is 1. The lowest BCUT2D eigenvalue weighted by atomic mass is 10.0. The molecule has 0 unspecified atom stereocenters. The number of rotatable bonds is 6. The van der Waals surface area contributed by atoms with Gasteiger partial charge in [0.25, 0.3) is 5.91 Å². The number of allylic oxidation sites excluding steroid dienone is 1. The van der Waals surface area contributed by atoms with Crippen LogP contribution in [0, 0.1) is 0 Å². The Labute approximate surface area is 217 Å². The number of carboxylic acid groups (broad SMARTS) is 2. The van der Waals surface area contributed by atoms with Crippen LogP contribution in [-0.2, 0) is 37.1 Å². The lowest BCUT2D eigenvalue weighted by molar-refractivity contribution is -0.684. The van der Waals surface area contributed by atoms with Crippen LogP contribution in [0.2, 0.25) is 0 Å². The van der Waals surface area contributed by atoms with Crippen LogP contribution in [-0.4, -0.2) is 74.5 Å². The van der Waals surface area contributed by atoms with Gasteiger partial charge in [-0.25, -0.2) is 4.79 Å². The average molecular weight is 558 g/mol. The number of carboxylic acids is 2. The van der Waals surface area contributed by atoms with Crippen LogP contribution in [0.15, 0.2) is 47.4 Å². The van der Waals surface area contributed by atoms with Gasteiger partial charge in [-0.05, 0) is 23.6 Å². The topological polar surface area (TPSA) is 191 Å². The number of aliphatic carboxylic acids is 2. The number of carbonyl (C=O) groups excluding carboxylic acids is 4. The van der Waals surface area contributed by atoms with Gasteiger partial charge in [-0.15, -0.1) is 11.8 Å². The third-order valence-corrected chi connectivity index (χ3v) is 7.03. The van der Waals surface area contributed by atoms with Crippen molar-refractivity contribution in [2.45, 2.75) is 37.1 Å². The van der Waals surface area contributed by atoms with Crippen LogP contribution in [0.25, 0.3) is 0 Å². The maximum absolute atomic E-state index is 12.8. The molecule has 4 heterocycles. The first-order chi connectivity index (χ1) is 17.7. The summed E-state index contributed by atoms with van der Waals surface area (Å²) in [5.41, 5.74) is 12.5. The normalized spacial score (nSPS) is 22.1. The molecule has 0 aromatic carbocycles. The van der Waals surface area contributed by atoms with Crippen molar-refractivity contribution in [3.8, 4) is 0 Å². The van der Waals surface area contributed by atoms with E-state index in [9.17, 15) is 37.5 Å². The number of primary amides is 1. The second kappa shape index (κ2) is 11.2. The molecule has 1 aromatic rings. The molecular formula is C22H22F3N5O7S. The van der Waals surface area contributed by atoms with E-state index in [2.05, 4.69) is 0 Å². The molecule has 0 radical (unpaired) electrons. The van der Waals surface area contributed by atoms with Gasteiger partial charge in [0, 0.05) is 36.5 Å². The third-order valence-electron chi connectivity index (χ3n) is 5.71. The van der Waals surface area contributed by atoms with Crippen molar-refractivity contribution < 1.29 is 51.9 Å². The summed E-state index contributed by atoms with van der Waals surface area (Å²) in [4.78, 5) is 59.3. The van der Waals surface area contributed by atoms with E-state index >= 15 is 0 Å². The predicted molar refractivity (Wildman–Crippen MR) is 121 cm³/mol. The first-order valence-corrected chi connectivity index (χ1v) is 12.0. The highest BCUT2D eigenvalue weighted by atomic mass is 32.2. The standard InChI is InChI=1S/C20H21N5O5S.C2HF3O2/c21-14(26)9-23-4-1-11(2-5-23)8-24-6-3-12(17(24)27)7-13-10-31-19-15(22)18(28)25(19)16(13)20(29)30;3-2(4,5)1(6)7/h1-2,4-5,7,15,19H,3,6,8-10,22H2,(H2-,21,26,29,30);(H,6,7)/b12-7+;/t15-,19-;/m1./s1. The van der Waals surface area contributed by atoms with E-state index in [4.69, 9.17) is 21.4 Å². The molecule has 0 saturated carbocycles. The maximum atomic E-state index is 12.8. The minimum atomic E-state index is -5.08. The highest BCUT2D eigenvalue weighted by molar-refractivity contribution is 8.00. The Morgan fingerprint density at radius 2 is 1.84 bits per heavy atom. The van der Waals surface area contributed by atoms with Crippen LogP contribution in [0.1, 0.15) is 12.0 Å². The summed E-state index contributed by atoms with van der Waals surface area (Å²) in [6.07, 6.45) is 0.399. The maximum Gasteiger partial charge on any atom is 0.490 e. The van der Waals surface area contributed by atoms with E-state index in [0.29, 0.717) is 36.4 Å². The van der Waals surface area contributed by atoms with E-state index in [-0.39, 0.29) is 18.1 Å². The number of aromatic nitrogens is 1. The molecule has 4 rings (SSSR count). The molecule has 1 aromatic heterocycles. The second-order valence-electron chi connectivity index (χ2n) is 8.39. The first kappa shape index (κ1) is 28.6. The SMILES string of the molecule is NC(=O)C[n+]1ccc(CN2CC/C(=C\C3=C(C(=O)[O-])N4C(=O)[C@@H](N)[C@H]4SC3)C2=O)cc1.O=C(O)C(F)(F)F. The minimum absolute atomic E-state index is 0.0784. The number of amides is 3. The molecule has 204 valence electrons. The monoisotopic (exact) mass is 557 g/mol. The van der Waals surface area contributed by atoms with Gasteiger partial charge in [0.2, 0.25) is 18.4 Å². The molecule has 3 amide bonds. The summed E-state index contributed by atoms with van der Waals surface area (Å²) in [5.74, 6) is -4.95. The number of thioether (sulfide) groups is 1. The van der Waals surface area contributed by atoms with E-state index in [0.717, 1.165) is 10.5 Å². The van der Waals surface area contributed by atoms with Crippen molar-refractivity contribution in [3.05, 3.63) is 53.0 Å². The zero-order valence-corrected chi connectivity index (χ0v) is 20.3. The fourth-order valence-electron chi connectivity index (χ4n) is 3.90. The van der Waals surface area contributed by atoms with Crippen molar-refractivity contribution in [3.63, 3.8) is 0 Å². The van der Waals surface area contributed by atoms with Gasteiger partial charge < -0.3 is 31.4 Å². The number of alkyl halides is 3. The Morgan fingerprint density at radius 3 is 2.37 bits per heavy atom. The number of pyridine rings is 1. The van der Waals surface area contributed by atoms with Gasteiger partial charge in [0.15, 0.2) is 12.4 Å². The van der Waals surface area contributed by atoms with Crippen molar-refractivity contribution in [1.29, 1.82) is 0 Å². The molecule has 12 nitrogen and oxygen atoms in total. The van der Waals surface area contributed by atoms with Crippen molar-refractivity contribution >= 4 is 41.4 Å². The van der Waals surface area contributed by atoms with Gasteiger partial charge in [-0.3, -0.25) is 19.3 Å². The van der Waals surface area contributed by atoms with E-state index in [1.54, 1.807) is 27.9 Å². The molecule has 0 spiro atoms. The molecule has 2 fully saturated rings. The van der Waals surface area contributed by atoms with Gasteiger partial charge in [-0.1, -0.05) is 0 Å². The number of hydrogen-bond donors (Lipinski definition) is 3. The van der Waals surface area contributed by atoms with Gasteiger partial charge in [0.05, 0.1) is 11.7 Å². The van der Waals surface area contributed by atoms with Crippen LogP contribution >= 0.6 is 11.8 Å². The lowest BCUT2D eigenvalue weighted by Crippen LogP contribution is -2.69. The van der Waals surface area contributed by atoms with Gasteiger partial charge in [-0.2, -0.15) is 17.7 Å². The van der Waals surface area contributed by atoms with E-state index < -0.39 is 41.3 Å². The third kappa shape index (κ3) is 6.31. The lowest BCUT2D eigenvalue weighted by Gasteiger charge is -2.49. The summed E-state index contributed by atoms with van der Waals surface area (Å²) in [5, 5.41) is 18.4. The molecule has 3 aliphatic heterocycles. The molecule has 0 aliphatic carbocycles. The summed E-state index contributed by atoms with van der Waals surface area (Å²) in [6.45, 7) is 0.962. The summed E-state index contributed by atoms with van der Waals surface area (Å²) < 4.78 is 33.4. The van der Waals surface area contributed by atoms with E-state index in [1.165, 1.54) is 11.8 Å². The molecular weight excluding hydrogens is 535 g/mol. The molecule has 0 bridgehead atoms. The number of hydrogen-bond acceptors (Lipinski definition) is 8. The molecule has 2 atom stereocenters. The molecule has 38 heavy (non-hydrogen) atoms. The Hall–Kier alpha value is -3.92. The fourth-order valence-corrected chi connectivity index (χ4v) is 5.15. The zero-order valence-electron chi connectivity index (χ0n) is 19.5. The Balaban J connectivity index is 0.000000505. The number of β-lactam (4-membered cyclic amide) rings is 1. The average Bonchev–Trinajstić information content (AvgIpc) is 3.17. The van der Waals surface area contributed by atoms with E-state index in [1.807, 2.05) is 12.1 Å². The van der Waals surface area contributed by atoms with Crippen LogP contribution in [0.4, 0.5) is 13.2 Å². The molecule has 3 aliphatic rings. The number of halogens is 3. The Morgan fingerprint density at radius 1 is 1.24 bits per heavy atom. The molecule has 5 N–H and O–H groups in total. The quantitative estimate of drug-likeness (QED) is 0.202. The largest absolute Gasteiger partial charge is 0.543 e. The predicted octanol–water partition coefficient (Wildman–Crippen LogP) is -2.00. The van der Waals surface area contributed by atoms with Crippen LogP contribution in [0.5, 0.6) is 0 Å². The smallest absolute Gasteiger partial charge is 0.490 e. The van der Waals surface area contributed by atoms with Gasteiger partial charge in [0.1, 0.15) is 11.4 Å².